The van der Waals surface area contributed by atoms with Gasteiger partial charge in [-0.05, 0) is 75.2 Å². The van der Waals surface area contributed by atoms with Crippen molar-refractivity contribution >= 4 is 28.7 Å². The molecule has 3 fully saturated rings. The molecule has 4 aliphatic heterocycles. The van der Waals surface area contributed by atoms with Gasteiger partial charge in [-0.2, -0.15) is 13.2 Å². The number of hydrogen-bond donors (Lipinski definition) is 2. The summed E-state index contributed by atoms with van der Waals surface area (Å²) in [6, 6.07) is 11.5. The molecule has 4 aromatic rings. The standard InChI is InChI=1S/C44H50ClF3N10O3/c1-26-20-57(30(5)39-28(3)29(4)49-24-50-39)14-13-43(26)38-40(31(6)61-43)51-25-52-41(32-7-10-34(11-8-32)55-15-17-56(18-16-55)35-22-60-23-35)54-58(42(38)59)21-27(2)53-37-12-9-33(19-36(37)45)44(46,47)48/h7-12,19,24-26,31,35,53H,2,5,13-18,20-23H2,1,3-4,6H3,(H,51,52,54). The highest BCUT2D eigenvalue weighted by molar-refractivity contribution is 6.33. The number of alkyl halides is 3. The third kappa shape index (κ3) is 8.38. The highest BCUT2D eigenvalue weighted by Gasteiger charge is 2.53. The highest BCUT2D eigenvalue weighted by Crippen LogP contribution is 2.50. The zero-order valence-electron chi connectivity index (χ0n) is 34.7. The van der Waals surface area contributed by atoms with Crippen LogP contribution in [0.2, 0.25) is 5.02 Å². The summed E-state index contributed by atoms with van der Waals surface area (Å²) in [6.07, 6.45) is -1.67. The van der Waals surface area contributed by atoms with Gasteiger partial charge in [0.25, 0.3) is 5.56 Å². The molecule has 61 heavy (non-hydrogen) atoms. The van der Waals surface area contributed by atoms with E-state index in [1.807, 2.05) is 45.0 Å². The van der Waals surface area contributed by atoms with Crippen LogP contribution in [-0.2, 0) is 27.8 Å². The molecule has 0 bridgehead atoms. The molecule has 3 saturated heterocycles. The van der Waals surface area contributed by atoms with Gasteiger partial charge in [0.1, 0.15) is 18.3 Å². The van der Waals surface area contributed by atoms with Crippen molar-refractivity contribution in [2.45, 2.75) is 64.6 Å². The van der Waals surface area contributed by atoms with Crippen LogP contribution in [0.15, 0.2) is 78.8 Å². The van der Waals surface area contributed by atoms with Crippen LogP contribution in [0.5, 0.6) is 0 Å². The summed E-state index contributed by atoms with van der Waals surface area (Å²) in [5, 5.41) is 6.15. The maximum Gasteiger partial charge on any atom is 0.416 e. The highest BCUT2D eigenvalue weighted by atomic mass is 35.5. The summed E-state index contributed by atoms with van der Waals surface area (Å²) in [4.78, 5) is 40.7. The Bertz CT molecular complexity index is 2440. The van der Waals surface area contributed by atoms with E-state index in [0.717, 1.165) is 79.9 Å². The maximum absolute atomic E-state index is 15.3. The summed E-state index contributed by atoms with van der Waals surface area (Å²) >= 11 is 6.33. The van der Waals surface area contributed by atoms with E-state index in [1.165, 1.54) is 17.1 Å². The second kappa shape index (κ2) is 16.9. The third-order valence-corrected chi connectivity index (χ3v) is 12.8. The maximum atomic E-state index is 15.3. The smallest absolute Gasteiger partial charge is 0.378 e. The van der Waals surface area contributed by atoms with E-state index in [9.17, 15) is 13.2 Å². The second-order valence-electron chi connectivity index (χ2n) is 16.3. The van der Waals surface area contributed by atoms with E-state index in [-0.39, 0.29) is 28.9 Å². The monoisotopic (exact) mass is 858 g/mol. The molecule has 0 aliphatic carbocycles. The number of halogens is 4. The number of aromatic nitrogens is 6. The third-order valence-electron chi connectivity index (χ3n) is 12.5. The van der Waals surface area contributed by atoms with Gasteiger partial charge in [-0.25, -0.2) is 24.6 Å². The first-order valence-electron chi connectivity index (χ1n) is 20.5. The summed E-state index contributed by atoms with van der Waals surface area (Å²) < 4.78 is 53.9. The van der Waals surface area contributed by atoms with Crippen LogP contribution in [-0.4, -0.2) is 98.0 Å². The molecule has 0 amide bonds. The number of H-pyrrole nitrogens is 1. The van der Waals surface area contributed by atoms with Crippen LogP contribution in [0.4, 0.5) is 24.5 Å². The first-order chi connectivity index (χ1) is 29.1. The lowest BCUT2D eigenvalue weighted by Gasteiger charge is -2.45. The predicted molar refractivity (Wildman–Crippen MR) is 228 cm³/mol. The van der Waals surface area contributed by atoms with E-state index >= 15 is 4.79 Å². The molecule has 0 radical (unpaired) electrons. The molecular formula is C44H50ClF3N10O3. The number of piperazine rings is 1. The molecule has 13 nitrogen and oxygen atoms in total. The van der Waals surface area contributed by atoms with Gasteiger partial charge < -0.3 is 24.6 Å². The van der Waals surface area contributed by atoms with Gasteiger partial charge in [0.2, 0.25) is 0 Å². The number of nitrogens with one attached hydrogen (secondary N) is 2. The SMILES string of the molecule is C=C(Cn1[nH]c(-c2ccc(N3CCN(C4COC4)CC3)cc2)ncnc2c(c1=O)C1(CCN(C(=C)c3ncnc(C)c3C)CC1C)OC2C)Nc1ccc(C(F)(F)F)cc1Cl. The number of rotatable bonds is 9. The van der Waals surface area contributed by atoms with Crippen molar-refractivity contribution in [2.24, 2.45) is 5.92 Å². The van der Waals surface area contributed by atoms with Crippen molar-refractivity contribution in [3.8, 4) is 11.4 Å². The fraction of sp³-hybridized carbons (Fsp3) is 0.432. The number of ether oxygens (including phenoxy) is 2. The number of likely N-dealkylation sites (tertiary alicyclic amines) is 1. The van der Waals surface area contributed by atoms with Crippen molar-refractivity contribution in [3.05, 3.63) is 123 Å². The molecule has 4 aliphatic rings. The van der Waals surface area contributed by atoms with Crippen LogP contribution >= 0.6 is 11.6 Å². The average molecular weight is 859 g/mol. The Hall–Kier alpha value is -5.29. The first-order valence-corrected chi connectivity index (χ1v) is 20.8. The van der Waals surface area contributed by atoms with Crippen LogP contribution in [0.1, 0.15) is 60.1 Å². The number of aromatic amines is 1. The van der Waals surface area contributed by atoms with E-state index in [1.54, 1.807) is 6.33 Å². The largest absolute Gasteiger partial charge is 0.416 e. The normalized spacial score (nSPS) is 21.8. The minimum atomic E-state index is -4.56. The van der Waals surface area contributed by atoms with Gasteiger partial charge in [0, 0.05) is 67.8 Å². The number of nitrogens with zero attached hydrogens (tertiary/aromatic N) is 8. The Labute approximate surface area is 357 Å². The van der Waals surface area contributed by atoms with Crippen molar-refractivity contribution in [1.29, 1.82) is 0 Å². The van der Waals surface area contributed by atoms with Crippen molar-refractivity contribution in [2.75, 3.05) is 62.7 Å². The molecule has 3 atom stereocenters. The number of hydrogen-bond acceptors (Lipinski definition) is 11. The molecule has 2 N–H and O–H groups in total. The van der Waals surface area contributed by atoms with Gasteiger partial charge >= 0.3 is 6.18 Å². The number of anilines is 2. The zero-order valence-corrected chi connectivity index (χ0v) is 35.5. The lowest BCUT2D eigenvalue weighted by Crippen LogP contribution is -2.56. The van der Waals surface area contributed by atoms with E-state index < -0.39 is 29.0 Å². The number of benzene rings is 2. The van der Waals surface area contributed by atoms with Gasteiger partial charge in [-0.3, -0.25) is 14.8 Å². The molecule has 3 unspecified atom stereocenters. The van der Waals surface area contributed by atoms with Gasteiger partial charge in [-0.1, -0.05) is 31.7 Å². The topological polar surface area (TPSA) is 130 Å². The van der Waals surface area contributed by atoms with Crippen molar-refractivity contribution in [3.63, 3.8) is 0 Å². The summed E-state index contributed by atoms with van der Waals surface area (Å²) in [6.45, 7) is 22.6. The summed E-state index contributed by atoms with van der Waals surface area (Å²) in [5.41, 5.74) is 4.20. The molecule has 1 spiro atoms. The fourth-order valence-corrected chi connectivity index (χ4v) is 8.99. The molecule has 322 valence electrons. The molecule has 2 aromatic carbocycles. The molecule has 2 aromatic heterocycles. The van der Waals surface area contributed by atoms with Gasteiger partial charge in [0.05, 0.1) is 70.8 Å². The zero-order chi connectivity index (χ0) is 43.2. The van der Waals surface area contributed by atoms with E-state index in [4.69, 9.17) is 31.0 Å². The van der Waals surface area contributed by atoms with Crippen LogP contribution in [0.3, 0.4) is 0 Å². The van der Waals surface area contributed by atoms with E-state index in [0.29, 0.717) is 48.2 Å². The Kier molecular flexibility index (Phi) is 11.7. The van der Waals surface area contributed by atoms with Gasteiger partial charge in [-0.15, -0.1) is 0 Å². The molecule has 0 saturated carbocycles. The quantitative estimate of drug-likeness (QED) is 0.176. The predicted octanol–water partition coefficient (Wildman–Crippen LogP) is 7.28. The van der Waals surface area contributed by atoms with Crippen molar-refractivity contribution in [1.82, 2.24) is 39.5 Å². The first kappa shape index (κ1) is 42.4. The molecule has 6 heterocycles. The number of allylic oxidation sites excluding steroid dienone is 1. The number of piperidine rings is 1. The Balaban J connectivity index is 1.15. The molecule has 17 heteroatoms. The minimum Gasteiger partial charge on any atom is -0.378 e. The minimum absolute atomic E-state index is 0.130. The second-order valence-corrected chi connectivity index (χ2v) is 16.7. The Morgan fingerprint density at radius 2 is 1.70 bits per heavy atom. The lowest BCUT2D eigenvalue weighted by atomic mass is 9.77. The number of aryl methyl sites for hydroxylation is 1. The molecule has 8 rings (SSSR count). The fourth-order valence-electron chi connectivity index (χ4n) is 8.76. The Morgan fingerprint density at radius 1 is 0.984 bits per heavy atom. The van der Waals surface area contributed by atoms with Crippen LogP contribution in [0, 0.1) is 19.8 Å². The van der Waals surface area contributed by atoms with E-state index in [2.05, 4.69) is 55.2 Å². The van der Waals surface area contributed by atoms with Gasteiger partial charge in [0.15, 0.2) is 5.82 Å². The Morgan fingerprint density at radius 3 is 2.36 bits per heavy atom. The molecular weight excluding hydrogens is 809 g/mol. The average Bonchev–Trinajstić information content (AvgIpc) is 3.52. The number of fused-ring (bicyclic) bond motifs is 2. The van der Waals surface area contributed by atoms with Crippen molar-refractivity contribution < 1.29 is 22.6 Å². The summed E-state index contributed by atoms with van der Waals surface area (Å²) in [5.74, 6) is 0.152. The van der Waals surface area contributed by atoms with Crippen LogP contribution in [0.25, 0.3) is 17.1 Å². The lowest BCUT2D eigenvalue weighted by molar-refractivity contribution is -0.137. The van der Waals surface area contributed by atoms with Crippen LogP contribution < -0.4 is 15.8 Å². The summed E-state index contributed by atoms with van der Waals surface area (Å²) in [7, 11) is 0.